The SMILES string of the molecule is C=CCC[C@H]1CC[C@H](C2CCC(COCC=C)CC2)CC1. The van der Waals surface area contributed by atoms with Crippen molar-refractivity contribution >= 4 is 0 Å². The summed E-state index contributed by atoms with van der Waals surface area (Å²) in [5.41, 5.74) is 0. The van der Waals surface area contributed by atoms with Crippen LogP contribution in [0.3, 0.4) is 0 Å². The molecule has 0 aromatic heterocycles. The fraction of sp³-hybridized carbons (Fsp3) is 0.800. The van der Waals surface area contributed by atoms with Crippen molar-refractivity contribution in [3.8, 4) is 0 Å². The molecule has 0 radical (unpaired) electrons. The van der Waals surface area contributed by atoms with Crippen LogP contribution in [0.25, 0.3) is 0 Å². The Balaban J connectivity index is 1.62. The molecule has 2 aliphatic carbocycles. The van der Waals surface area contributed by atoms with Crippen LogP contribution < -0.4 is 0 Å². The van der Waals surface area contributed by atoms with Gasteiger partial charge in [0.2, 0.25) is 0 Å². The summed E-state index contributed by atoms with van der Waals surface area (Å²) in [6.45, 7) is 9.23. The van der Waals surface area contributed by atoms with Gasteiger partial charge in [0, 0.05) is 6.61 Å². The largest absolute Gasteiger partial charge is 0.377 e. The molecular weight excluding hydrogens is 256 g/mol. The maximum Gasteiger partial charge on any atom is 0.0644 e. The summed E-state index contributed by atoms with van der Waals surface area (Å²) in [5.74, 6) is 3.84. The van der Waals surface area contributed by atoms with Gasteiger partial charge in [0.1, 0.15) is 0 Å². The minimum absolute atomic E-state index is 0.717. The summed E-state index contributed by atoms with van der Waals surface area (Å²) in [4.78, 5) is 0. The van der Waals surface area contributed by atoms with E-state index in [1.165, 1.54) is 64.2 Å². The molecule has 21 heavy (non-hydrogen) atoms. The Bertz CT molecular complexity index is 293. The van der Waals surface area contributed by atoms with Gasteiger partial charge >= 0.3 is 0 Å². The molecule has 2 aliphatic rings. The maximum atomic E-state index is 5.63. The summed E-state index contributed by atoms with van der Waals surface area (Å²) in [7, 11) is 0. The average Bonchev–Trinajstić information content (AvgIpc) is 2.54. The van der Waals surface area contributed by atoms with Gasteiger partial charge in [-0.05, 0) is 75.0 Å². The monoisotopic (exact) mass is 290 g/mol. The molecule has 2 rings (SSSR count). The highest BCUT2D eigenvalue weighted by Crippen LogP contribution is 2.42. The highest BCUT2D eigenvalue weighted by atomic mass is 16.5. The van der Waals surface area contributed by atoms with Crippen molar-refractivity contribution in [2.75, 3.05) is 13.2 Å². The van der Waals surface area contributed by atoms with Gasteiger partial charge in [0.25, 0.3) is 0 Å². The molecule has 0 amide bonds. The minimum Gasteiger partial charge on any atom is -0.377 e. The Labute approximate surface area is 131 Å². The second-order valence-electron chi connectivity index (χ2n) is 7.25. The summed E-state index contributed by atoms with van der Waals surface area (Å²) < 4.78 is 5.63. The molecule has 120 valence electrons. The lowest BCUT2D eigenvalue weighted by atomic mass is 9.69. The Morgan fingerprint density at radius 2 is 1.33 bits per heavy atom. The molecule has 1 heteroatoms. The van der Waals surface area contributed by atoms with E-state index in [9.17, 15) is 0 Å². The number of allylic oxidation sites excluding steroid dienone is 1. The second kappa shape index (κ2) is 9.46. The highest BCUT2D eigenvalue weighted by Gasteiger charge is 2.30. The van der Waals surface area contributed by atoms with Gasteiger partial charge < -0.3 is 4.74 Å². The molecular formula is C20H34O. The lowest BCUT2D eigenvalue weighted by molar-refractivity contribution is 0.0781. The van der Waals surface area contributed by atoms with Crippen LogP contribution in [0.4, 0.5) is 0 Å². The molecule has 0 unspecified atom stereocenters. The first kappa shape index (κ1) is 16.8. The highest BCUT2D eigenvalue weighted by molar-refractivity contribution is 4.83. The number of ether oxygens (including phenoxy) is 1. The van der Waals surface area contributed by atoms with Crippen molar-refractivity contribution in [2.45, 2.75) is 64.2 Å². The molecule has 0 bridgehead atoms. The van der Waals surface area contributed by atoms with Crippen molar-refractivity contribution in [3.63, 3.8) is 0 Å². The van der Waals surface area contributed by atoms with Crippen LogP contribution in [-0.4, -0.2) is 13.2 Å². The topological polar surface area (TPSA) is 9.23 Å². The van der Waals surface area contributed by atoms with E-state index < -0.39 is 0 Å². The molecule has 0 atom stereocenters. The predicted octanol–water partition coefficient (Wildman–Crippen LogP) is 5.77. The van der Waals surface area contributed by atoms with Crippen molar-refractivity contribution in [1.82, 2.24) is 0 Å². The van der Waals surface area contributed by atoms with Crippen LogP contribution in [0.1, 0.15) is 64.2 Å². The second-order valence-corrected chi connectivity index (χ2v) is 7.25. The smallest absolute Gasteiger partial charge is 0.0644 e. The third kappa shape index (κ3) is 5.62. The third-order valence-corrected chi connectivity index (χ3v) is 5.82. The molecule has 0 N–H and O–H groups in total. The van der Waals surface area contributed by atoms with Crippen LogP contribution in [0.5, 0.6) is 0 Å². The Morgan fingerprint density at radius 3 is 1.86 bits per heavy atom. The molecule has 0 aliphatic heterocycles. The minimum atomic E-state index is 0.717. The normalized spacial score (nSPS) is 33.5. The molecule has 0 aromatic rings. The fourth-order valence-electron chi connectivity index (χ4n) is 4.45. The van der Waals surface area contributed by atoms with E-state index in [1.54, 1.807) is 0 Å². The van der Waals surface area contributed by atoms with Crippen molar-refractivity contribution < 1.29 is 4.74 Å². The van der Waals surface area contributed by atoms with Crippen molar-refractivity contribution in [2.24, 2.45) is 23.7 Å². The van der Waals surface area contributed by atoms with Crippen molar-refractivity contribution in [1.29, 1.82) is 0 Å². The standard InChI is InChI=1S/C20H34O/c1-3-5-6-17-7-11-19(12-8-17)20-13-9-18(10-14-20)16-21-15-4-2/h3-4,17-20H,1-2,5-16H2/t17-,18?,19-,20?. The van der Waals surface area contributed by atoms with Crippen LogP contribution >= 0.6 is 0 Å². The number of hydrogen-bond acceptors (Lipinski definition) is 1. The number of hydrogen-bond donors (Lipinski definition) is 0. The van der Waals surface area contributed by atoms with Gasteiger partial charge in [-0.15, -0.1) is 13.2 Å². The van der Waals surface area contributed by atoms with Gasteiger partial charge in [0.05, 0.1) is 6.61 Å². The van der Waals surface area contributed by atoms with E-state index in [2.05, 4.69) is 19.2 Å². The van der Waals surface area contributed by atoms with Gasteiger partial charge in [0.15, 0.2) is 0 Å². The lowest BCUT2D eigenvalue weighted by Crippen LogP contribution is -2.27. The first-order chi connectivity index (χ1) is 10.3. The summed E-state index contributed by atoms with van der Waals surface area (Å²) >= 11 is 0. The molecule has 1 nitrogen and oxygen atoms in total. The van der Waals surface area contributed by atoms with E-state index in [0.29, 0.717) is 6.61 Å². The first-order valence-corrected chi connectivity index (χ1v) is 9.13. The van der Waals surface area contributed by atoms with E-state index >= 15 is 0 Å². The van der Waals surface area contributed by atoms with E-state index in [4.69, 9.17) is 4.74 Å². The summed E-state index contributed by atoms with van der Waals surface area (Å²) in [6, 6.07) is 0. The van der Waals surface area contributed by atoms with Gasteiger partial charge in [-0.25, -0.2) is 0 Å². The van der Waals surface area contributed by atoms with Gasteiger partial charge in [-0.2, -0.15) is 0 Å². The molecule has 0 saturated heterocycles. The Morgan fingerprint density at radius 1 is 0.762 bits per heavy atom. The first-order valence-electron chi connectivity index (χ1n) is 9.13. The van der Waals surface area contributed by atoms with Crippen LogP contribution in [-0.2, 0) is 4.74 Å². The zero-order valence-corrected chi connectivity index (χ0v) is 13.8. The fourth-order valence-corrected chi connectivity index (χ4v) is 4.45. The van der Waals surface area contributed by atoms with Gasteiger partial charge in [-0.1, -0.05) is 25.0 Å². The van der Waals surface area contributed by atoms with Crippen LogP contribution in [0.2, 0.25) is 0 Å². The van der Waals surface area contributed by atoms with E-state index in [1.807, 2.05) is 6.08 Å². The Hall–Kier alpha value is -0.560. The maximum absolute atomic E-state index is 5.63. The summed E-state index contributed by atoms with van der Waals surface area (Å²) in [6.07, 6.45) is 18.1. The third-order valence-electron chi connectivity index (χ3n) is 5.82. The molecule has 0 heterocycles. The quantitative estimate of drug-likeness (QED) is 0.407. The van der Waals surface area contributed by atoms with E-state index in [-0.39, 0.29) is 0 Å². The number of rotatable bonds is 8. The van der Waals surface area contributed by atoms with Crippen LogP contribution in [0.15, 0.2) is 25.3 Å². The van der Waals surface area contributed by atoms with Gasteiger partial charge in [-0.3, -0.25) is 0 Å². The van der Waals surface area contributed by atoms with Crippen molar-refractivity contribution in [3.05, 3.63) is 25.3 Å². The lowest BCUT2D eigenvalue weighted by Gasteiger charge is -2.37. The molecule has 2 saturated carbocycles. The molecule has 2 fully saturated rings. The zero-order chi connectivity index (χ0) is 14.9. The van der Waals surface area contributed by atoms with E-state index in [0.717, 1.165) is 30.3 Å². The van der Waals surface area contributed by atoms with Crippen LogP contribution in [0, 0.1) is 23.7 Å². The molecule has 0 spiro atoms. The average molecular weight is 290 g/mol. The molecule has 0 aromatic carbocycles. The predicted molar refractivity (Wildman–Crippen MR) is 91.3 cm³/mol. The Kier molecular flexibility index (Phi) is 7.57. The zero-order valence-electron chi connectivity index (χ0n) is 13.8. The summed E-state index contributed by atoms with van der Waals surface area (Å²) in [5, 5.41) is 0.